The highest BCUT2D eigenvalue weighted by Crippen LogP contribution is 2.33. The molecule has 3 heteroatoms. The van der Waals surface area contributed by atoms with Gasteiger partial charge < -0.3 is 9.84 Å². The van der Waals surface area contributed by atoms with Crippen molar-refractivity contribution in [3.8, 4) is 5.75 Å². The molecule has 0 radical (unpaired) electrons. The van der Waals surface area contributed by atoms with E-state index in [1.54, 1.807) is 0 Å². The number of rotatable bonds is 4. The minimum Gasteiger partial charge on any atom is -0.507 e. The van der Waals surface area contributed by atoms with Gasteiger partial charge in [-0.15, -0.1) is 0 Å². The van der Waals surface area contributed by atoms with E-state index in [-0.39, 0.29) is 17.8 Å². The fourth-order valence-electron chi connectivity index (χ4n) is 1.78. The van der Waals surface area contributed by atoms with E-state index < -0.39 is 0 Å². The van der Waals surface area contributed by atoms with Gasteiger partial charge >= 0.3 is 5.97 Å². The van der Waals surface area contributed by atoms with Crippen LogP contribution in [0, 0.1) is 0 Å². The molecular formula is C14H20O3. The molecule has 0 aromatic heterocycles. The second-order valence-corrected chi connectivity index (χ2v) is 4.64. The van der Waals surface area contributed by atoms with Crippen LogP contribution in [0.1, 0.15) is 50.7 Å². The molecular weight excluding hydrogens is 216 g/mol. The lowest BCUT2D eigenvalue weighted by Gasteiger charge is -2.17. The van der Waals surface area contributed by atoms with E-state index in [9.17, 15) is 9.90 Å². The van der Waals surface area contributed by atoms with Crippen LogP contribution in [0.5, 0.6) is 5.75 Å². The van der Waals surface area contributed by atoms with Crippen molar-refractivity contribution in [3.63, 3.8) is 0 Å². The summed E-state index contributed by atoms with van der Waals surface area (Å²) in [6.07, 6.45) is 0. The first-order valence-electron chi connectivity index (χ1n) is 5.88. The number of hydrogen-bond donors (Lipinski definition) is 1. The first kappa shape index (κ1) is 13.6. The van der Waals surface area contributed by atoms with Crippen LogP contribution < -0.4 is 0 Å². The van der Waals surface area contributed by atoms with Crippen LogP contribution >= 0.6 is 0 Å². The predicted molar refractivity (Wildman–Crippen MR) is 67.2 cm³/mol. The molecule has 0 saturated carbocycles. The summed E-state index contributed by atoms with van der Waals surface area (Å²) in [4.78, 5) is 10.8. The third-order valence-corrected chi connectivity index (χ3v) is 2.79. The van der Waals surface area contributed by atoms with Crippen molar-refractivity contribution in [2.75, 3.05) is 6.61 Å². The second kappa shape index (κ2) is 5.71. The fraction of sp³-hybridized carbons (Fsp3) is 0.500. The van der Waals surface area contributed by atoms with E-state index in [2.05, 4.69) is 0 Å². The molecule has 1 atom stereocenters. The van der Waals surface area contributed by atoms with Gasteiger partial charge in [0.25, 0.3) is 0 Å². The molecule has 1 aromatic rings. The highest BCUT2D eigenvalue weighted by atomic mass is 16.5. The van der Waals surface area contributed by atoms with Crippen molar-refractivity contribution in [1.29, 1.82) is 0 Å². The molecule has 0 unspecified atom stereocenters. The molecule has 0 aliphatic rings. The van der Waals surface area contributed by atoms with Crippen molar-refractivity contribution < 1.29 is 14.6 Å². The Kier molecular flexibility index (Phi) is 4.55. The first-order valence-corrected chi connectivity index (χ1v) is 5.88. The van der Waals surface area contributed by atoms with Gasteiger partial charge in [0.05, 0.1) is 6.61 Å². The van der Waals surface area contributed by atoms with Gasteiger partial charge in [-0.05, 0) is 11.5 Å². The largest absolute Gasteiger partial charge is 0.507 e. The molecule has 17 heavy (non-hydrogen) atoms. The van der Waals surface area contributed by atoms with Gasteiger partial charge in [0, 0.05) is 18.4 Å². The molecule has 0 bridgehead atoms. The molecule has 3 nitrogen and oxygen atoms in total. The van der Waals surface area contributed by atoms with Gasteiger partial charge in [-0.25, -0.2) is 0 Å². The number of hydrogen-bond acceptors (Lipinski definition) is 3. The molecule has 0 spiro atoms. The lowest BCUT2D eigenvalue weighted by molar-refractivity contribution is -0.141. The van der Waals surface area contributed by atoms with Crippen LogP contribution in [0.2, 0.25) is 0 Å². The van der Waals surface area contributed by atoms with E-state index in [1.165, 1.54) is 6.92 Å². The highest BCUT2D eigenvalue weighted by molar-refractivity contribution is 5.66. The summed E-state index contributed by atoms with van der Waals surface area (Å²) < 4.78 is 4.96. The Morgan fingerprint density at radius 3 is 2.41 bits per heavy atom. The number of para-hydroxylation sites is 1. The number of phenols is 1. The number of aromatic hydroxyl groups is 1. The molecule has 0 saturated heterocycles. The molecule has 1 N–H and O–H groups in total. The lowest BCUT2D eigenvalue weighted by atomic mass is 9.93. The Morgan fingerprint density at radius 1 is 1.29 bits per heavy atom. The van der Waals surface area contributed by atoms with Crippen LogP contribution in [-0.2, 0) is 9.53 Å². The van der Waals surface area contributed by atoms with Crippen LogP contribution in [0.4, 0.5) is 0 Å². The molecule has 94 valence electrons. The minimum absolute atomic E-state index is 0.00222. The maximum atomic E-state index is 10.8. The Labute approximate surface area is 102 Å². The quantitative estimate of drug-likeness (QED) is 0.817. The molecule has 1 rings (SSSR count). The predicted octanol–water partition coefficient (Wildman–Crippen LogP) is 3.18. The molecule has 0 fully saturated rings. The molecule has 0 heterocycles. The SMILES string of the molecule is CC(=O)OC[C@H](C)c1cccc(C(C)C)c1O. The van der Waals surface area contributed by atoms with Gasteiger partial charge in [0.1, 0.15) is 5.75 Å². The van der Waals surface area contributed by atoms with Crippen molar-refractivity contribution >= 4 is 5.97 Å². The zero-order valence-electron chi connectivity index (χ0n) is 10.9. The Bertz CT molecular complexity index is 396. The van der Waals surface area contributed by atoms with Gasteiger partial charge in [0.2, 0.25) is 0 Å². The summed E-state index contributed by atoms with van der Waals surface area (Å²) in [6, 6.07) is 5.71. The normalized spacial score (nSPS) is 12.5. The zero-order chi connectivity index (χ0) is 13.0. The smallest absolute Gasteiger partial charge is 0.302 e. The van der Waals surface area contributed by atoms with Crippen molar-refractivity contribution in [2.24, 2.45) is 0 Å². The van der Waals surface area contributed by atoms with Crippen molar-refractivity contribution in [2.45, 2.75) is 39.5 Å². The Balaban J connectivity index is 2.90. The standard InChI is InChI=1S/C14H20O3/c1-9(2)12-6-5-7-13(14(12)16)10(3)8-17-11(4)15/h5-7,9-10,16H,8H2,1-4H3/t10-/m0/s1. The monoisotopic (exact) mass is 236 g/mol. The Morgan fingerprint density at radius 2 is 1.88 bits per heavy atom. The first-order chi connectivity index (χ1) is 7.93. The molecule has 0 amide bonds. The van der Waals surface area contributed by atoms with Crippen LogP contribution in [0.15, 0.2) is 18.2 Å². The summed E-state index contributed by atoms with van der Waals surface area (Å²) in [5.41, 5.74) is 1.76. The maximum Gasteiger partial charge on any atom is 0.302 e. The summed E-state index contributed by atoms with van der Waals surface area (Å²) in [6.45, 7) is 7.69. The third-order valence-electron chi connectivity index (χ3n) is 2.79. The number of benzene rings is 1. The molecule has 0 aliphatic heterocycles. The highest BCUT2D eigenvalue weighted by Gasteiger charge is 2.15. The van der Waals surface area contributed by atoms with E-state index >= 15 is 0 Å². The van der Waals surface area contributed by atoms with Gasteiger partial charge in [-0.3, -0.25) is 4.79 Å². The zero-order valence-corrected chi connectivity index (χ0v) is 10.9. The van der Waals surface area contributed by atoms with Gasteiger partial charge in [-0.1, -0.05) is 39.0 Å². The van der Waals surface area contributed by atoms with E-state index in [1.807, 2.05) is 39.0 Å². The number of carbonyl (C=O) groups excluding carboxylic acids is 1. The van der Waals surface area contributed by atoms with E-state index in [0.717, 1.165) is 11.1 Å². The van der Waals surface area contributed by atoms with Crippen LogP contribution in [0.3, 0.4) is 0 Å². The lowest BCUT2D eigenvalue weighted by Crippen LogP contribution is -2.08. The average molecular weight is 236 g/mol. The fourth-order valence-corrected chi connectivity index (χ4v) is 1.78. The van der Waals surface area contributed by atoms with Crippen LogP contribution in [0.25, 0.3) is 0 Å². The summed E-state index contributed by atoms with van der Waals surface area (Å²) in [5, 5.41) is 10.2. The van der Waals surface area contributed by atoms with Crippen molar-refractivity contribution in [3.05, 3.63) is 29.3 Å². The number of carbonyl (C=O) groups is 1. The number of ether oxygens (including phenoxy) is 1. The summed E-state index contributed by atoms with van der Waals surface area (Å²) >= 11 is 0. The average Bonchev–Trinajstić information content (AvgIpc) is 2.25. The Hall–Kier alpha value is -1.51. The third kappa shape index (κ3) is 3.48. The molecule has 1 aromatic carbocycles. The summed E-state index contributed by atoms with van der Waals surface area (Å²) in [7, 11) is 0. The molecule has 0 aliphatic carbocycles. The number of esters is 1. The van der Waals surface area contributed by atoms with Gasteiger partial charge in [0.15, 0.2) is 0 Å². The number of phenolic OH excluding ortho intramolecular Hbond substituents is 1. The topological polar surface area (TPSA) is 46.5 Å². The van der Waals surface area contributed by atoms with E-state index in [4.69, 9.17) is 4.74 Å². The van der Waals surface area contributed by atoms with Gasteiger partial charge in [-0.2, -0.15) is 0 Å². The summed E-state index contributed by atoms with van der Waals surface area (Å²) in [5.74, 6) is 0.298. The maximum absolute atomic E-state index is 10.8. The second-order valence-electron chi connectivity index (χ2n) is 4.64. The van der Waals surface area contributed by atoms with Crippen LogP contribution in [-0.4, -0.2) is 17.7 Å². The van der Waals surface area contributed by atoms with E-state index in [0.29, 0.717) is 12.4 Å². The minimum atomic E-state index is -0.295. The van der Waals surface area contributed by atoms with Crippen molar-refractivity contribution in [1.82, 2.24) is 0 Å².